The van der Waals surface area contributed by atoms with Crippen LogP contribution in [0.2, 0.25) is 0 Å². The van der Waals surface area contributed by atoms with E-state index in [1.807, 2.05) is 12.4 Å². The average molecular weight is 292 g/mol. The first kappa shape index (κ1) is 17.9. The molecule has 1 aromatic heterocycles. The molecular weight excluding hydrogens is 260 g/mol. The average Bonchev–Trinajstić information content (AvgIpc) is 2.34. The van der Waals surface area contributed by atoms with Gasteiger partial charge in [0.05, 0.1) is 0 Å². The molecule has 0 spiro atoms. The highest BCUT2D eigenvalue weighted by atomic mass is 15.2. The van der Waals surface area contributed by atoms with Crippen molar-refractivity contribution >= 4 is 5.95 Å². The summed E-state index contributed by atoms with van der Waals surface area (Å²) in [7, 11) is 0. The summed E-state index contributed by atoms with van der Waals surface area (Å²) in [6, 6.07) is 0. The van der Waals surface area contributed by atoms with Gasteiger partial charge >= 0.3 is 0 Å². The Hall–Kier alpha value is -1.16. The Balaban J connectivity index is 2.72. The van der Waals surface area contributed by atoms with Gasteiger partial charge in [0, 0.05) is 43.1 Å². The van der Waals surface area contributed by atoms with Gasteiger partial charge in [0.1, 0.15) is 0 Å². The SMILES string of the molecule is CC(C)CN(CC(C)C)c1ncc(CNC(C)(C)C)cn1. The summed E-state index contributed by atoms with van der Waals surface area (Å²) >= 11 is 0. The molecule has 0 amide bonds. The first-order valence-corrected chi connectivity index (χ1v) is 7.98. The molecule has 4 nitrogen and oxygen atoms in total. The van der Waals surface area contributed by atoms with Crippen LogP contribution in [0.3, 0.4) is 0 Å². The highest BCUT2D eigenvalue weighted by Crippen LogP contribution is 2.13. The molecule has 0 unspecified atom stereocenters. The zero-order valence-electron chi connectivity index (χ0n) is 14.8. The van der Waals surface area contributed by atoms with Crippen molar-refractivity contribution in [1.29, 1.82) is 0 Å². The molecule has 4 heteroatoms. The number of hydrogen-bond donors (Lipinski definition) is 1. The lowest BCUT2D eigenvalue weighted by molar-refractivity contribution is 0.423. The molecule has 0 aromatic carbocycles. The molecule has 120 valence electrons. The first-order chi connectivity index (χ1) is 9.67. The second-order valence-corrected chi connectivity index (χ2v) is 7.69. The fourth-order valence-electron chi connectivity index (χ4n) is 2.09. The van der Waals surface area contributed by atoms with E-state index in [-0.39, 0.29) is 5.54 Å². The largest absolute Gasteiger partial charge is 0.340 e. The van der Waals surface area contributed by atoms with Crippen LogP contribution in [0.5, 0.6) is 0 Å². The lowest BCUT2D eigenvalue weighted by atomic mass is 10.1. The summed E-state index contributed by atoms with van der Waals surface area (Å²) in [4.78, 5) is 11.4. The Kier molecular flexibility index (Phi) is 6.59. The lowest BCUT2D eigenvalue weighted by Crippen LogP contribution is -2.35. The minimum Gasteiger partial charge on any atom is -0.340 e. The van der Waals surface area contributed by atoms with E-state index in [1.165, 1.54) is 0 Å². The summed E-state index contributed by atoms with van der Waals surface area (Å²) in [6.45, 7) is 18.2. The van der Waals surface area contributed by atoms with Crippen LogP contribution in [0, 0.1) is 11.8 Å². The first-order valence-electron chi connectivity index (χ1n) is 7.98. The maximum atomic E-state index is 4.56. The fourth-order valence-corrected chi connectivity index (χ4v) is 2.09. The molecule has 0 saturated heterocycles. The van der Waals surface area contributed by atoms with Crippen molar-refractivity contribution in [3.63, 3.8) is 0 Å². The number of nitrogens with zero attached hydrogens (tertiary/aromatic N) is 3. The standard InChI is InChI=1S/C17H32N4/c1-13(2)11-21(12-14(3)4)16-18-8-15(9-19-16)10-20-17(5,6)7/h8-9,13-14,20H,10-12H2,1-7H3. The van der Waals surface area contributed by atoms with E-state index in [9.17, 15) is 0 Å². The monoisotopic (exact) mass is 292 g/mol. The maximum absolute atomic E-state index is 4.56. The number of aromatic nitrogens is 2. The van der Waals surface area contributed by atoms with Gasteiger partial charge in [0.15, 0.2) is 0 Å². The van der Waals surface area contributed by atoms with Crippen LogP contribution in [0.25, 0.3) is 0 Å². The van der Waals surface area contributed by atoms with Crippen molar-refractivity contribution in [1.82, 2.24) is 15.3 Å². The Morgan fingerprint density at radius 1 is 1.00 bits per heavy atom. The Labute approximate surface area is 130 Å². The Morgan fingerprint density at radius 2 is 1.48 bits per heavy atom. The fraction of sp³-hybridized carbons (Fsp3) is 0.765. The predicted octanol–water partition coefficient (Wildman–Crippen LogP) is 3.48. The zero-order valence-corrected chi connectivity index (χ0v) is 14.8. The Morgan fingerprint density at radius 3 is 1.86 bits per heavy atom. The van der Waals surface area contributed by atoms with Gasteiger partial charge in [-0.2, -0.15) is 0 Å². The predicted molar refractivity (Wildman–Crippen MR) is 90.5 cm³/mol. The van der Waals surface area contributed by atoms with E-state index in [0.29, 0.717) is 11.8 Å². The molecule has 21 heavy (non-hydrogen) atoms. The van der Waals surface area contributed by atoms with E-state index < -0.39 is 0 Å². The molecule has 0 aliphatic carbocycles. The minimum absolute atomic E-state index is 0.111. The third kappa shape index (κ3) is 7.42. The summed E-state index contributed by atoms with van der Waals surface area (Å²) in [5.74, 6) is 2.06. The van der Waals surface area contributed by atoms with Crippen molar-refractivity contribution < 1.29 is 0 Å². The van der Waals surface area contributed by atoms with E-state index >= 15 is 0 Å². The third-order valence-corrected chi connectivity index (χ3v) is 2.97. The molecule has 0 bridgehead atoms. The van der Waals surface area contributed by atoms with Crippen molar-refractivity contribution in [2.75, 3.05) is 18.0 Å². The van der Waals surface area contributed by atoms with E-state index in [1.54, 1.807) is 0 Å². The van der Waals surface area contributed by atoms with E-state index in [0.717, 1.165) is 31.1 Å². The number of anilines is 1. The smallest absolute Gasteiger partial charge is 0.225 e. The van der Waals surface area contributed by atoms with Gasteiger partial charge in [-0.25, -0.2) is 9.97 Å². The van der Waals surface area contributed by atoms with Crippen LogP contribution in [0.1, 0.15) is 54.0 Å². The van der Waals surface area contributed by atoms with Gasteiger partial charge in [-0.15, -0.1) is 0 Å². The van der Waals surface area contributed by atoms with E-state index in [4.69, 9.17) is 0 Å². The van der Waals surface area contributed by atoms with Crippen LogP contribution >= 0.6 is 0 Å². The van der Waals surface area contributed by atoms with Crippen molar-refractivity contribution in [3.05, 3.63) is 18.0 Å². The number of hydrogen-bond acceptors (Lipinski definition) is 4. The summed E-state index contributed by atoms with van der Waals surface area (Å²) in [5, 5.41) is 3.46. The van der Waals surface area contributed by atoms with Crippen LogP contribution in [-0.2, 0) is 6.54 Å². The summed E-state index contributed by atoms with van der Waals surface area (Å²) < 4.78 is 0. The van der Waals surface area contributed by atoms with Crippen LogP contribution < -0.4 is 10.2 Å². The second kappa shape index (κ2) is 7.74. The van der Waals surface area contributed by atoms with Gasteiger partial charge in [-0.05, 0) is 32.6 Å². The Bertz CT molecular complexity index is 394. The number of nitrogens with one attached hydrogen (secondary N) is 1. The van der Waals surface area contributed by atoms with Gasteiger partial charge in [0.25, 0.3) is 0 Å². The van der Waals surface area contributed by atoms with Crippen LogP contribution in [0.4, 0.5) is 5.95 Å². The topological polar surface area (TPSA) is 41.1 Å². The maximum Gasteiger partial charge on any atom is 0.225 e. The number of rotatable bonds is 7. The zero-order chi connectivity index (χ0) is 16.0. The van der Waals surface area contributed by atoms with Gasteiger partial charge in [-0.1, -0.05) is 27.7 Å². The van der Waals surface area contributed by atoms with Crippen molar-refractivity contribution in [2.45, 2.75) is 60.5 Å². The summed E-state index contributed by atoms with van der Waals surface area (Å²) in [6.07, 6.45) is 3.88. The normalized spacial score (nSPS) is 12.2. The molecule has 0 saturated carbocycles. The third-order valence-electron chi connectivity index (χ3n) is 2.97. The van der Waals surface area contributed by atoms with Crippen LogP contribution in [0.15, 0.2) is 12.4 Å². The van der Waals surface area contributed by atoms with Gasteiger partial charge in [0.2, 0.25) is 5.95 Å². The molecule has 0 atom stereocenters. The lowest BCUT2D eigenvalue weighted by Gasteiger charge is -2.26. The van der Waals surface area contributed by atoms with E-state index in [2.05, 4.69) is 68.7 Å². The van der Waals surface area contributed by atoms with Gasteiger partial charge in [-0.3, -0.25) is 0 Å². The molecule has 1 rings (SSSR count). The quantitative estimate of drug-likeness (QED) is 0.835. The molecule has 0 aliphatic heterocycles. The van der Waals surface area contributed by atoms with Crippen molar-refractivity contribution in [3.8, 4) is 0 Å². The molecule has 1 aromatic rings. The molecular formula is C17H32N4. The molecule has 1 N–H and O–H groups in total. The summed E-state index contributed by atoms with van der Waals surface area (Å²) in [5.41, 5.74) is 1.24. The highest BCUT2D eigenvalue weighted by Gasteiger charge is 2.13. The molecule has 0 fully saturated rings. The highest BCUT2D eigenvalue weighted by molar-refractivity contribution is 5.30. The van der Waals surface area contributed by atoms with Crippen LogP contribution in [-0.4, -0.2) is 28.6 Å². The van der Waals surface area contributed by atoms with Gasteiger partial charge < -0.3 is 10.2 Å². The molecule has 0 radical (unpaired) electrons. The molecule has 1 heterocycles. The second-order valence-electron chi connectivity index (χ2n) is 7.69. The minimum atomic E-state index is 0.111. The molecule has 0 aliphatic rings. The van der Waals surface area contributed by atoms with Crippen molar-refractivity contribution in [2.24, 2.45) is 11.8 Å².